The van der Waals surface area contributed by atoms with Crippen molar-refractivity contribution in [3.63, 3.8) is 0 Å². The molecular weight excluding hydrogens is 729 g/mol. The van der Waals surface area contributed by atoms with Gasteiger partial charge in [0.25, 0.3) is 0 Å². The van der Waals surface area contributed by atoms with Crippen molar-refractivity contribution in [2.24, 2.45) is 0 Å². The topological polar surface area (TPSA) is 34.6 Å². The largest absolute Gasteiger partial charge is 0.311 e. The summed E-state index contributed by atoms with van der Waals surface area (Å²) in [5, 5.41) is 10.2. The highest BCUT2D eigenvalue weighted by Gasteiger charge is 2.18. The molecule has 0 aliphatic carbocycles. The molecule has 0 spiro atoms. The Labute approximate surface area is 356 Å². The number of hydrogen-bond acceptors (Lipinski definition) is 3. The predicted molar refractivity (Wildman–Crippen MR) is 255 cm³/mol. The standard InChI is InChI=1S/C56H50N4/c1-55(2,3)46-26-34-52(35-27-46)59(48-14-10-8-11-15-48)50-30-20-41(21-31-50)18-24-43-39-54(58-7)44(38-45(43)40-57)25-19-42-22-32-51(33-23-42)60(49-16-12-9-13-17-49)53-36-28-47(29-37-53)56(4,5)6/h8-39H,1-6H3. The summed E-state index contributed by atoms with van der Waals surface area (Å²) in [5.41, 5.74) is 13.5. The first kappa shape index (κ1) is 40.8. The lowest BCUT2D eigenvalue weighted by Crippen LogP contribution is -2.13. The Hall–Kier alpha value is -7.40. The maximum absolute atomic E-state index is 10.2. The molecule has 0 bridgehead atoms. The number of anilines is 6. The summed E-state index contributed by atoms with van der Waals surface area (Å²) in [5.74, 6) is 0. The zero-order valence-corrected chi connectivity index (χ0v) is 35.3. The lowest BCUT2D eigenvalue weighted by molar-refractivity contribution is 0.590. The summed E-state index contributed by atoms with van der Waals surface area (Å²) in [4.78, 5) is 8.36. The molecule has 7 aromatic carbocycles. The maximum Gasteiger partial charge on any atom is 0.194 e. The summed E-state index contributed by atoms with van der Waals surface area (Å²) < 4.78 is 0. The van der Waals surface area contributed by atoms with Crippen LogP contribution in [0.4, 0.5) is 39.8 Å². The highest BCUT2D eigenvalue weighted by molar-refractivity contribution is 5.84. The fourth-order valence-electron chi connectivity index (χ4n) is 7.20. The van der Waals surface area contributed by atoms with Crippen LogP contribution < -0.4 is 9.80 Å². The molecule has 0 aliphatic heterocycles. The van der Waals surface area contributed by atoms with E-state index in [-0.39, 0.29) is 10.8 Å². The van der Waals surface area contributed by atoms with Gasteiger partial charge in [-0.1, -0.05) is 151 Å². The van der Waals surface area contributed by atoms with Gasteiger partial charge in [-0.15, -0.1) is 0 Å². The van der Waals surface area contributed by atoms with E-state index in [1.54, 1.807) is 6.07 Å². The quantitative estimate of drug-likeness (QED) is 0.102. The van der Waals surface area contributed by atoms with Crippen LogP contribution in [-0.2, 0) is 10.8 Å². The molecule has 0 amide bonds. The van der Waals surface area contributed by atoms with Gasteiger partial charge in [0.15, 0.2) is 5.69 Å². The van der Waals surface area contributed by atoms with Gasteiger partial charge in [-0.25, -0.2) is 4.85 Å². The van der Waals surface area contributed by atoms with Crippen LogP contribution in [0.25, 0.3) is 29.1 Å². The van der Waals surface area contributed by atoms with Crippen molar-refractivity contribution in [3.8, 4) is 6.07 Å². The van der Waals surface area contributed by atoms with Crippen LogP contribution in [0.1, 0.15) is 80.5 Å². The Balaban J connectivity index is 1.10. The second kappa shape index (κ2) is 17.6. The lowest BCUT2D eigenvalue weighted by atomic mass is 9.87. The van der Waals surface area contributed by atoms with Gasteiger partial charge < -0.3 is 9.80 Å². The van der Waals surface area contributed by atoms with Crippen molar-refractivity contribution in [2.75, 3.05) is 9.80 Å². The van der Waals surface area contributed by atoms with Crippen molar-refractivity contribution in [1.29, 1.82) is 5.26 Å². The Morgan fingerprint density at radius 1 is 0.450 bits per heavy atom. The summed E-state index contributed by atoms with van der Waals surface area (Å²) in [6.45, 7) is 21.4. The van der Waals surface area contributed by atoms with Crippen LogP contribution in [0.2, 0.25) is 0 Å². The van der Waals surface area contributed by atoms with Crippen molar-refractivity contribution in [2.45, 2.75) is 52.4 Å². The average molecular weight is 779 g/mol. The third-order valence-corrected chi connectivity index (χ3v) is 10.7. The van der Waals surface area contributed by atoms with Gasteiger partial charge in [0.1, 0.15) is 0 Å². The molecule has 0 saturated heterocycles. The van der Waals surface area contributed by atoms with E-state index >= 15 is 0 Å². The fraction of sp³-hybridized carbons (Fsp3) is 0.143. The van der Waals surface area contributed by atoms with E-state index in [4.69, 9.17) is 6.57 Å². The van der Waals surface area contributed by atoms with Gasteiger partial charge >= 0.3 is 0 Å². The second-order valence-corrected chi connectivity index (χ2v) is 17.0. The van der Waals surface area contributed by atoms with Crippen molar-refractivity contribution < 1.29 is 0 Å². The number of benzene rings is 7. The number of para-hydroxylation sites is 2. The Morgan fingerprint density at radius 2 is 0.800 bits per heavy atom. The maximum atomic E-state index is 10.2. The first-order chi connectivity index (χ1) is 28.9. The molecule has 0 fully saturated rings. The van der Waals surface area contributed by atoms with E-state index in [0.717, 1.165) is 45.3 Å². The third kappa shape index (κ3) is 9.48. The highest BCUT2D eigenvalue weighted by atomic mass is 15.1. The number of nitriles is 1. The molecule has 7 rings (SSSR count). The monoisotopic (exact) mass is 778 g/mol. The third-order valence-electron chi connectivity index (χ3n) is 10.7. The summed E-state index contributed by atoms with van der Waals surface area (Å²) in [7, 11) is 0. The lowest BCUT2D eigenvalue weighted by Gasteiger charge is -2.27. The molecule has 0 atom stereocenters. The van der Waals surface area contributed by atoms with Crippen molar-refractivity contribution in [1.82, 2.24) is 0 Å². The minimum Gasteiger partial charge on any atom is -0.311 e. The predicted octanol–water partition coefficient (Wildman–Crippen LogP) is 16.0. The molecule has 0 aliphatic rings. The van der Waals surface area contributed by atoms with Gasteiger partial charge in [-0.3, -0.25) is 0 Å². The van der Waals surface area contributed by atoms with Crippen LogP contribution in [0.15, 0.2) is 170 Å². The normalized spacial score (nSPS) is 11.7. The van der Waals surface area contributed by atoms with Crippen LogP contribution >= 0.6 is 0 Å². The SMILES string of the molecule is [C-]#[N+]c1cc(C=Cc2ccc(N(c3ccccc3)c3ccc(C(C)(C)C)cc3)cc2)c(C#N)cc1C=Cc1ccc(N(c2ccccc2)c2ccc(C(C)(C)C)cc2)cc1. The first-order valence-corrected chi connectivity index (χ1v) is 20.3. The van der Waals surface area contributed by atoms with Gasteiger partial charge in [-0.2, -0.15) is 5.26 Å². The molecule has 7 aromatic rings. The molecule has 0 radical (unpaired) electrons. The summed E-state index contributed by atoms with van der Waals surface area (Å²) >= 11 is 0. The summed E-state index contributed by atoms with van der Waals surface area (Å²) in [6.07, 6.45) is 7.83. The second-order valence-electron chi connectivity index (χ2n) is 17.0. The van der Waals surface area contributed by atoms with Crippen LogP contribution in [0.3, 0.4) is 0 Å². The fourth-order valence-corrected chi connectivity index (χ4v) is 7.20. The van der Waals surface area contributed by atoms with Crippen LogP contribution in [-0.4, -0.2) is 0 Å². The van der Waals surface area contributed by atoms with E-state index in [1.165, 1.54) is 11.1 Å². The Morgan fingerprint density at radius 3 is 1.15 bits per heavy atom. The molecule has 0 saturated carbocycles. The molecular formula is C56H50N4. The van der Waals surface area contributed by atoms with Crippen LogP contribution in [0, 0.1) is 17.9 Å². The minimum atomic E-state index is 0.0718. The highest BCUT2D eigenvalue weighted by Crippen LogP contribution is 2.38. The van der Waals surface area contributed by atoms with E-state index in [1.807, 2.05) is 42.5 Å². The first-order valence-electron chi connectivity index (χ1n) is 20.3. The van der Waals surface area contributed by atoms with Gasteiger partial charge in [0, 0.05) is 34.1 Å². The van der Waals surface area contributed by atoms with Gasteiger partial charge in [0.05, 0.1) is 18.2 Å². The average Bonchev–Trinajstić information content (AvgIpc) is 3.26. The Kier molecular flexibility index (Phi) is 12.0. The van der Waals surface area contributed by atoms with Crippen molar-refractivity contribution in [3.05, 3.63) is 220 Å². The molecule has 4 nitrogen and oxygen atoms in total. The molecule has 0 heterocycles. The van der Waals surface area contributed by atoms with E-state index in [2.05, 4.69) is 208 Å². The van der Waals surface area contributed by atoms with E-state index in [9.17, 15) is 5.26 Å². The Bertz CT molecular complexity index is 2490. The molecule has 4 heteroatoms. The molecule has 294 valence electrons. The molecule has 0 unspecified atom stereocenters. The smallest absolute Gasteiger partial charge is 0.194 e. The van der Waals surface area contributed by atoms with Gasteiger partial charge in [-0.05, 0) is 129 Å². The molecule has 0 aromatic heterocycles. The van der Waals surface area contributed by atoms with Gasteiger partial charge in [0.2, 0.25) is 0 Å². The molecule has 60 heavy (non-hydrogen) atoms. The number of rotatable bonds is 10. The minimum absolute atomic E-state index is 0.0718. The zero-order chi connectivity index (χ0) is 42.3. The summed E-state index contributed by atoms with van der Waals surface area (Å²) in [6, 6.07) is 61.1. The van der Waals surface area contributed by atoms with E-state index < -0.39 is 0 Å². The number of nitrogens with zero attached hydrogens (tertiary/aromatic N) is 4. The van der Waals surface area contributed by atoms with E-state index in [0.29, 0.717) is 22.4 Å². The van der Waals surface area contributed by atoms with Crippen LogP contribution in [0.5, 0.6) is 0 Å². The van der Waals surface area contributed by atoms with Crippen molar-refractivity contribution >= 4 is 64.1 Å². The zero-order valence-electron chi connectivity index (χ0n) is 35.3. The number of hydrogen-bond donors (Lipinski definition) is 0. The molecule has 0 N–H and O–H groups in total.